The number of nitrogens with one attached hydrogen (secondary N) is 1. The number of benzene rings is 1. The van der Waals surface area contributed by atoms with Crippen molar-refractivity contribution in [2.45, 2.75) is 12.3 Å². The van der Waals surface area contributed by atoms with Gasteiger partial charge in [-0.25, -0.2) is 0 Å². The molecule has 4 nitrogen and oxygen atoms in total. The fraction of sp³-hybridized carbons (Fsp3) is 0.500. The topological polar surface area (TPSA) is 39.7 Å². The Morgan fingerprint density at radius 1 is 1.18 bits per heavy atom. The number of ether oxygens (including phenoxy) is 3. The highest BCUT2D eigenvalue weighted by molar-refractivity contribution is 6.30. The maximum Gasteiger partial charge on any atom is 0.176 e. The summed E-state index contributed by atoms with van der Waals surface area (Å²) in [7, 11) is 6.63. The van der Waals surface area contributed by atoms with E-state index < -0.39 is 6.29 Å². The molecule has 0 aliphatic carbocycles. The molecule has 0 saturated carbocycles. The van der Waals surface area contributed by atoms with Gasteiger partial charge in [0.1, 0.15) is 5.75 Å². The van der Waals surface area contributed by atoms with Crippen molar-refractivity contribution < 1.29 is 14.2 Å². The minimum atomic E-state index is -0.410. The van der Waals surface area contributed by atoms with Gasteiger partial charge in [-0.15, -0.1) is 0 Å². The average Bonchev–Trinajstić information content (AvgIpc) is 2.35. The van der Waals surface area contributed by atoms with Crippen molar-refractivity contribution in [1.82, 2.24) is 5.32 Å². The Balaban J connectivity index is 3.13. The van der Waals surface area contributed by atoms with Crippen molar-refractivity contribution in [1.29, 1.82) is 0 Å². The van der Waals surface area contributed by atoms with Crippen molar-refractivity contribution in [2.24, 2.45) is 0 Å². The number of hydrogen-bond acceptors (Lipinski definition) is 4. The van der Waals surface area contributed by atoms with Gasteiger partial charge in [0, 0.05) is 24.8 Å². The molecular formula is C12H18ClNO3. The number of rotatable bonds is 6. The van der Waals surface area contributed by atoms with E-state index in [-0.39, 0.29) is 6.04 Å². The van der Waals surface area contributed by atoms with E-state index in [2.05, 4.69) is 5.32 Å². The zero-order valence-corrected chi connectivity index (χ0v) is 11.2. The lowest BCUT2D eigenvalue weighted by Crippen LogP contribution is -2.32. The highest BCUT2D eigenvalue weighted by Gasteiger charge is 2.24. The second kappa shape index (κ2) is 6.81. The molecule has 0 spiro atoms. The fourth-order valence-electron chi connectivity index (χ4n) is 1.75. The Hall–Kier alpha value is -0.810. The lowest BCUT2D eigenvalue weighted by atomic mass is 10.1. The summed E-state index contributed by atoms with van der Waals surface area (Å²) in [6.07, 6.45) is -0.410. The molecular weight excluding hydrogens is 242 g/mol. The third-order valence-corrected chi connectivity index (χ3v) is 2.81. The minimum Gasteiger partial charge on any atom is -0.496 e. The molecule has 1 aromatic carbocycles. The Labute approximate surface area is 107 Å². The Kier molecular flexibility index (Phi) is 5.71. The summed E-state index contributed by atoms with van der Waals surface area (Å²) in [5, 5.41) is 3.78. The second-order valence-corrected chi connectivity index (χ2v) is 3.93. The summed E-state index contributed by atoms with van der Waals surface area (Å²) in [6, 6.07) is 5.29. The van der Waals surface area contributed by atoms with Crippen LogP contribution in [0.1, 0.15) is 11.6 Å². The van der Waals surface area contributed by atoms with Crippen LogP contribution in [0.15, 0.2) is 18.2 Å². The Bertz CT molecular complexity index is 356. The van der Waals surface area contributed by atoms with Gasteiger partial charge in [-0.1, -0.05) is 11.6 Å². The molecule has 17 heavy (non-hydrogen) atoms. The molecule has 0 aromatic heterocycles. The van der Waals surface area contributed by atoms with Gasteiger partial charge in [0.05, 0.1) is 13.2 Å². The van der Waals surface area contributed by atoms with Crippen molar-refractivity contribution in [3.05, 3.63) is 28.8 Å². The van der Waals surface area contributed by atoms with Crippen LogP contribution in [0.5, 0.6) is 5.75 Å². The van der Waals surface area contributed by atoms with Crippen LogP contribution >= 0.6 is 11.6 Å². The van der Waals surface area contributed by atoms with Crippen molar-refractivity contribution in [2.75, 3.05) is 28.4 Å². The molecule has 96 valence electrons. The third kappa shape index (κ3) is 3.33. The SMILES string of the molecule is CNC(c1cc(Cl)ccc1OC)C(OC)OC. The Morgan fingerprint density at radius 2 is 1.82 bits per heavy atom. The van der Waals surface area contributed by atoms with Crippen LogP contribution in [-0.4, -0.2) is 34.7 Å². The molecule has 5 heteroatoms. The van der Waals surface area contributed by atoms with Gasteiger partial charge in [-0.2, -0.15) is 0 Å². The van der Waals surface area contributed by atoms with Crippen LogP contribution < -0.4 is 10.1 Å². The number of methoxy groups -OCH3 is 3. The molecule has 0 amide bonds. The van der Waals surface area contributed by atoms with Gasteiger partial charge in [-0.3, -0.25) is 0 Å². The van der Waals surface area contributed by atoms with Gasteiger partial charge < -0.3 is 19.5 Å². The largest absolute Gasteiger partial charge is 0.496 e. The van der Waals surface area contributed by atoms with E-state index in [9.17, 15) is 0 Å². The first kappa shape index (κ1) is 14.3. The van der Waals surface area contributed by atoms with Crippen LogP contribution in [-0.2, 0) is 9.47 Å². The molecule has 1 unspecified atom stereocenters. The van der Waals surface area contributed by atoms with E-state index in [0.717, 1.165) is 11.3 Å². The molecule has 1 N–H and O–H groups in total. The predicted molar refractivity (Wildman–Crippen MR) is 67.6 cm³/mol. The van der Waals surface area contributed by atoms with Crippen LogP contribution in [0.2, 0.25) is 5.02 Å². The average molecular weight is 260 g/mol. The predicted octanol–water partition coefficient (Wildman–Crippen LogP) is 2.23. The molecule has 1 aromatic rings. The van der Waals surface area contributed by atoms with Crippen LogP contribution in [0.25, 0.3) is 0 Å². The highest BCUT2D eigenvalue weighted by atomic mass is 35.5. The molecule has 0 aliphatic heterocycles. The lowest BCUT2D eigenvalue weighted by molar-refractivity contribution is -0.123. The lowest BCUT2D eigenvalue weighted by Gasteiger charge is -2.26. The first-order valence-electron chi connectivity index (χ1n) is 5.24. The summed E-state index contributed by atoms with van der Waals surface area (Å²) in [6.45, 7) is 0. The molecule has 0 fully saturated rings. The molecule has 0 radical (unpaired) electrons. The van der Waals surface area contributed by atoms with E-state index in [0.29, 0.717) is 5.02 Å². The number of hydrogen-bond donors (Lipinski definition) is 1. The summed E-state index contributed by atoms with van der Waals surface area (Å²) < 4.78 is 15.8. The maximum absolute atomic E-state index is 6.00. The van der Waals surface area contributed by atoms with E-state index in [1.165, 1.54) is 0 Å². The van der Waals surface area contributed by atoms with Crippen molar-refractivity contribution in [3.8, 4) is 5.75 Å². The molecule has 0 bridgehead atoms. The van der Waals surface area contributed by atoms with Crippen molar-refractivity contribution in [3.63, 3.8) is 0 Å². The molecule has 1 rings (SSSR count). The summed E-state index contributed by atoms with van der Waals surface area (Å²) in [4.78, 5) is 0. The van der Waals surface area contributed by atoms with Crippen molar-refractivity contribution >= 4 is 11.6 Å². The van der Waals surface area contributed by atoms with Crippen LogP contribution in [0.4, 0.5) is 0 Å². The number of likely N-dealkylation sites (N-methyl/N-ethyl adjacent to an activating group) is 1. The molecule has 0 saturated heterocycles. The van der Waals surface area contributed by atoms with E-state index in [1.807, 2.05) is 19.2 Å². The van der Waals surface area contributed by atoms with Crippen LogP contribution in [0, 0.1) is 0 Å². The van der Waals surface area contributed by atoms with Gasteiger partial charge in [0.15, 0.2) is 6.29 Å². The zero-order chi connectivity index (χ0) is 12.8. The quantitative estimate of drug-likeness (QED) is 0.796. The first-order chi connectivity index (χ1) is 8.17. The van der Waals surface area contributed by atoms with Gasteiger partial charge >= 0.3 is 0 Å². The molecule has 1 atom stereocenters. The summed E-state index contributed by atoms with van der Waals surface area (Å²) in [5.41, 5.74) is 0.899. The first-order valence-corrected chi connectivity index (χ1v) is 5.62. The molecule has 0 aliphatic rings. The third-order valence-electron chi connectivity index (χ3n) is 2.57. The monoisotopic (exact) mass is 259 g/mol. The Morgan fingerprint density at radius 3 is 2.29 bits per heavy atom. The van der Waals surface area contributed by atoms with Gasteiger partial charge in [-0.05, 0) is 25.2 Å². The fourth-order valence-corrected chi connectivity index (χ4v) is 1.94. The van der Waals surface area contributed by atoms with E-state index in [4.69, 9.17) is 25.8 Å². The van der Waals surface area contributed by atoms with E-state index in [1.54, 1.807) is 27.4 Å². The van der Waals surface area contributed by atoms with Gasteiger partial charge in [0.2, 0.25) is 0 Å². The minimum absolute atomic E-state index is 0.154. The normalized spacial score (nSPS) is 12.8. The van der Waals surface area contributed by atoms with E-state index >= 15 is 0 Å². The smallest absolute Gasteiger partial charge is 0.176 e. The van der Waals surface area contributed by atoms with Gasteiger partial charge in [0.25, 0.3) is 0 Å². The zero-order valence-electron chi connectivity index (χ0n) is 10.5. The van der Waals surface area contributed by atoms with Crippen LogP contribution in [0.3, 0.4) is 0 Å². The highest BCUT2D eigenvalue weighted by Crippen LogP contribution is 2.30. The molecule has 0 heterocycles. The standard InChI is InChI=1S/C12H18ClNO3/c1-14-11(12(16-3)17-4)9-7-8(13)5-6-10(9)15-2/h5-7,11-12,14H,1-4H3. The number of halogens is 1. The summed E-state index contributed by atoms with van der Waals surface area (Å²) in [5.74, 6) is 0.743. The second-order valence-electron chi connectivity index (χ2n) is 3.49. The maximum atomic E-state index is 6.00. The summed E-state index contributed by atoms with van der Waals surface area (Å²) >= 11 is 6.00.